The van der Waals surface area contributed by atoms with Gasteiger partial charge in [-0.25, -0.2) is 4.98 Å². The number of ether oxygens (including phenoxy) is 4. The van der Waals surface area contributed by atoms with Crippen LogP contribution in [-0.2, 0) is 16.8 Å². The molecule has 7 nitrogen and oxygen atoms in total. The van der Waals surface area contributed by atoms with Crippen LogP contribution in [0.1, 0.15) is 16.7 Å². The number of hydrogen-bond donors (Lipinski definition) is 0. The van der Waals surface area contributed by atoms with Crippen molar-refractivity contribution >= 4 is 11.6 Å². The van der Waals surface area contributed by atoms with Crippen LogP contribution in [0.4, 0.5) is 5.69 Å². The first-order chi connectivity index (χ1) is 15.2. The van der Waals surface area contributed by atoms with E-state index >= 15 is 0 Å². The van der Waals surface area contributed by atoms with Gasteiger partial charge in [0.2, 0.25) is 11.8 Å². The minimum atomic E-state index is -0.901. The summed E-state index contributed by atoms with van der Waals surface area (Å²) < 4.78 is 22.7. The third kappa shape index (κ3) is 2.52. The van der Waals surface area contributed by atoms with E-state index < -0.39 is 5.41 Å². The van der Waals surface area contributed by atoms with Crippen LogP contribution in [0.5, 0.6) is 23.1 Å². The molecule has 1 unspecified atom stereocenters. The number of fused-ring (bicyclic) bond motifs is 5. The molecule has 3 aliphatic rings. The molecule has 0 N–H and O–H groups in total. The van der Waals surface area contributed by atoms with Gasteiger partial charge in [-0.2, -0.15) is 0 Å². The van der Waals surface area contributed by atoms with Crippen molar-refractivity contribution in [3.05, 3.63) is 71.4 Å². The smallest absolute Gasteiger partial charge is 0.246 e. The first kappa shape index (κ1) is 18.1. The van der Waals surface area contributed by atoms with Crippen molar-refractivity contribution in [1.29, 1.82) is 0 Å². The van der Waals surface area contributed by atoms with Gasteiger partial charge in [0.1, 0.15) is 31.0 Å². The molecular formula is C24H20N2O5. The third-order valence-electron chi connectivity index (χ3n) is 6.16. The molecule has 0 bridgehead atoms. The van der Waals surface area contributed by atoms with Crippen LogP contribution in [-0.4, -0.2) is 37.8 Å². The predicted molar refractivity (Wildman–Crippen MR) is 112 cm³/mol. The topological polar surface area (TPSA) is 70.1 Å². The highest BCUT2D eigenvalue weighted by Gasteiger charge is 2.57. The minimum absolute atomic E-state index is 0.0139. The number of benzene rings is 2. The second-order valence-corrected chi connectivity index (χ2v) is 7.80. The Morgan fingerprint density at radius 3 is 2.58 bits per heavy atom. The molecule has 0 saturated heterocycles. The van der Waals surface area contributed by atoms with Crippen LogP contribution >= 0.6 is 0 Å². The molecular weight excluding hydrogens is 396 g/mol. The van der Waals surface area contributed by atoms with E-state index in [-0.39, 0.29) is 12.5 Å². The maximum absolute atomic E-state index is 14.0. The average Bonchev–Trinajstić information content (AvgIpc) is 3.30. The molecule has 2 aromatic carbocycles. The Bertz CT molecular complexity index is 1190. The van der Waals surface area contributed by atoms with Gasteiger partial charge in [0, 0.05) is 29.6 Å². The van der Waals surface area contributed by atoms with Gasteiger partial charge in [-0.05, 0) is 23.3 Å². The van der Waals surface area contributed by atoms with Gasteiger partial charge in [0.05, 0.1) is 13.7 Å². The highest BCUT2D eigenvalue weighted by molar-refractivity contribution is 6.11. The molecule has 0 saturated carbocycles. The molecule has 31 heavy (non-hydrogen) atoms. The number of amides is 1. The lowest BCUT2D eigenvalue weighted by molar-refractivity contribution is -0.122. The molecule has 7 heteroatoms. The zero-order valence-electron chi connectivity index (χ0n) is 17.0. The standard InChI is InChI=1S/C24H20N2O5/c1-28-22-7-6-15(12-25-22)13-26-18-5-3-2-4-16(18)24(23(26)27)14-31-19-11-21-20(10-17(19)24)29-8-9-30-21/h2-7,10-12H,8-9,13-14H2,1H3. The van der Waals surface area contributed by atoms with E-state index in [2.05, 4.69) is 4.98 Å². The van der Waals surface area contributed by atoms with Crippen LogP contribution in [0.25, 0.3) is 0 Å². The number of methoxy groups -OCH3 is 1. The summed E-state index contributed by atoms with van der Waals surface area (Å²) in [5.74, 6) is 2.50. The molecule has 3 aromatic rings. The Kier molecular flexibility index (Phi) is 3.86. The fourth-order valence-electron chi connectivity index (χ4n) is 4.68. The summed E-state index contributed by atoms with van der Waals surface area (Å²) in [7, 11) is 1.58. The molecule has 1 atom stereocenters. The minimum Gasteiger partial charge on any atom is -0.491 e. The zero-order valence-corrected chi connectivity index (χ0v) is 17.0. The van der Waals surface area contributed by atoms with Gasteiger partial charge in [-0.3, -0.25) is 4.79 Å². The lowest BCUT2D eigenvalue weighted by atomic mass is 9.77. The quantitative estimate of drug-likeness (QED) is 0.654. The van der Waals surface area contributed by atoms with Crippen molar-refractivity contribution in [3.63, 3.8) is 0 Å². The number of pyridine rings is 1. The molecule has 156 valence electrons. The van der Waals surface area contributed by atoms with Gasteiger partial charge >= 0.3 is 0 Å². The SMILES string of the molecule is COc1ccc(CN2C(=O)C3(COc4cc5c(cc43)OCCO5)c3ccccc32)cn1. The average molecular weight is 416 g/mol. The monoisotopic (exact) mass is 416 g/mol. The second kappa shape index (κ2) is 6.63. The summed E-state index contributed by atoms with van der Waals surface area (Å²) in [6.45, 7) is 1.65. The van der Waals surface area contributed by atoms with E-state index in [0.717, 1.165) is 22.4 Å². The fraction of sp³-hybridized carbons (Fsp3) is 0.250. The summed E-state index contributed by atoms with van der Waals surface area (Å²) >= 11 is 0. The predicted octanol–water partition coefficient (Wildman–Crippen LogP) is 3.09. The van der Waals surface area contributed by atoms with Gasteiger partial charge in [0.25, 0.3) is 0 Å². The fourth-order valence-corrected chi connectivity index (χ4v) is 4.68. The van der Waals surface area contributed by atoms with Crippen molar-refractivity contribution in [1.82, 2.24) is 4.98 Å². The van der Waals surface area contributed by atoms with Gasteiger partial charge in [-0.1, -0.05) is 24.3 Å². The molecule has 0 fully saturated rings. The Hall–Kier alpha value is -3.74. The van der Waals surface area contributed by atoms with Crippen molar-refractivity contribution in [2.24, 2.45) is 0 Å². The lowest BCUT2D eigenvalue weighted by Crippen LogP contribution is -2.42. The van der Waals surface area contributed by atoms with Crippen molar-refractivity contribution in [3.8, 4) is 23.1 Å². The maximum Gasteiger partial charge on any atom is 0.246 e. The Labute approximate surface area is 179 Å². The first-order valence-corrected chi connectivity index (χ1v) is 10.2. The maximum atomic E-state index is 14.0. The van der Waals surface area contributed by atoms with Crippen LogP contribution in [0.2, 0.25) is 0 Å². The summed E-state index contributed by atoms with van der Waals surface area (Å²) in [5.41, 5.74) is 2.67. The molecule has 1 aromatic heterocycles. The van der Waals surface area contributed by atoms with Gasteiger partial charge in [-0.15, -0.1) is 0 Å². The van der Waals surface area contributed by atoms with Crippen molar-refractivity contribution in [2.75, 3.05) is 31.8 Å². The van der Waals surface area contributed by atoms with Crippen LogP contribution in [0, 0.1) is 0 Å². The molecule has 3 aliphatic heterocycles. The third-order valence-corrected chi connectivity index (χ3v) is 6.16. The van der Waals surface area contributed by atoms with E-state index in [4.69, 9.17) is 18.9 Å². The number of hydrogen-bond acceptors (Lipinski definition) is 6. The van der Waals surface area contributed by atoms with Crippen molar-refractivity contribution < 1.29 is 23.7 Å². The van der Waals surface area contributed by atoms with Crippen LogP contribution in [0.3, 0.4) is 0 Å². The highest BCUT2D eigenvalue weighted by atomic mass is 16.6. The second-order valence-electron chi connectivity index (χ2n) is 7.80. The molecule has 4 heterocycles. The van der Waals surface area contributed by atoms with Crippen molar-refractivity contribution in [2.45, 2.75) is 12.0 Å². The van der Waals surface area contributed by atoms with E-state index in [1.165, 1.54) is 0 Å². The highest BCUT2D eigenvalue weighted by Crippen LogP contribution is 2.54. The summed E-state index contributed by atoms with van der Waals surface area (Å²) in [4.78, 5) is 20.1. The van der Waals surface area contributed by atoms with E-state index in [0.29, 0.717) is 42.9 Å². The Morgan fingerprint density at radius 2 is 1.81 bits per heavy atom. The summed E-state index contributed by atoms with van der Waals surface area (Å²) in [6.07, 6.45) is 1.74. The largest absolute Gasteiger partial charge is 0.491 e. The molecule has 6 rings (SSSR count). The number of carbonyl (C=O) groups excluding carboxylic acids is 1. The molecule has 0 radical (unpaired) electrons. The van der Waals surface area contributed by atoms with Gasteiger partial charge < -0.3 is 23.8 Å². The van der Waals surface area contributed by atoms with Gasteiger partial charge in [0.15, 0.2) is 11.5 Å². The summed E-state index contributed by atoms with van der Waals surface area (Å²) in [5, 5.41) is 0. The van der Waals surface area contributed by atoms with E-state index in [1.807, 2.05) is 47.4 Å². The molecule has 0 aliphatic carbocycles. The molecule has 1 spiro atoms. The van der Waals surface area contributed by atoms with E-state index in [1.54, 1.807) is 19.4 Å². The first-order valence-electron chi connectivity index (χ1n) is 10.2. The number of para-hydroxylation sites is 1. The zero-order chi connectivity index (χ0) is 21.0. The molecule has 1 amide bonds. The van der Waals surface area contributed by atoms with Crippen LogP contribution in [0.15, 0.2) is 54.7 Å². The number of rotatable bonds is 3. The number of nitrogens with zero attached hydrogens (tertiary/aromatic N) is 2. The number of aromatic nitrogens is 1. The summed E-state index contributed by atoms with van der Waals surface area (Å²) in [6, 6.07) is 15.4. The Balaban J connectivity index is 1.45. The number of carbonyl (C=O) groups is 1. The Morgan fingerprint density at radius 1 is 1.00 bits per heavy atom. The number of anilines is 1. The lowest BCUT2D eigenvalue weighted by Gasteiger charge is -2.24. The normalized spacial score (nSPS) is 20.4. The van der Waals surface area contributed by atoms with E-state index in [9.17, 15) is 4.79 Å². The van der Waals surface area contributed by atoms with Crippen LogP contribution < -0.4 is 23.8 Å².